The van der Waals surface area contributed by atoms with Crippen molar-refractivity contribution in [3.05, 3.63) is 82.9 Å². The maximum absolute atomic E-state index is 13.0. The Balaban J connectivity index is 1.92. The lowest BCUT2D eigenvalue weighted by atomic mass is 9.96. The molecule has 0 aliphatic heterocycles. The Morgan fingerprint density at radius 1 is 0.935 bits per heavy atom. The van der Waals surface area contributed by atoms with Gasteiger partial charge in [-0.1, -0.05) is 41.9 Å². The summed E-state index contributed by atoms with van der Waals surface area (Å²) >= 11 is 6.18. The number of alkyl halides is 3. The van der Waals surface area contributed by atoms with Crippen LogP contribution in [0.1, 0.15) is 18.1 Å². The number of nitrogens with zero attached hydrogens (tertiary/aromatic N) is 1. The van der Waals surface area contributed by atoms with Crippen molar-refractivity contribution in [2.45, 2.75) is 28.5 Å². The van der Waals surface area contributed by atoms with Crippen LogP contribution in [-0.4, -0.2) is 19.7 Å². The first kappa shape index (κ1) is 22.8. The van der Waals surface area contributed by atoms with Gasteiger partial charge in [-0.15, -0.1) is 0 Å². The second-order valence-corrected chi connectivity index (χ2v) is 9.29. The molecule has 0 fully saturated rings. The third kappa shape index (κ3) is 4.30. The van der Waals surface area contributed by atoms with Crippen LogP contribution in [0, 0.1) is 11.3 Å². The van der Waals surface area contributed by atoms with Crippen molar-refractivity contribution < 1.29 is 26.7 Å². The molecular weight excluding hydrogens is 451 g/mol. The molecule has 0 bridgehead atoms. The van der Waals surface area contributed by atoms with E-state index in [1.54, 1.807) is 24.3 Å². The Labute approximate surface area is 182 Å². The van der Waals surface area contributed by atoms with Crippen molar-refractivity contribution >= 4 is 21.4 Å². The Morgan fingerprint density at radius 3 is 1.90 bits per heavy atom. The molecule has 0 saturated carbocycles. The van der Waals surface area contributed by atoms with Gasteiger partial charge in [0, 0.05) is 10.6 Å². The third-order valence-electron chi connectivity index (χ3n) is 4.85. The highest BCUT2D eigenvalue weighted by Crippen LogP contribution is 2.39. The Hall–Kier alpha value is -2.86. The summed E-state index contributed by atoms with van der Waals surface area (Å²) in [5.74, 6) is 0. The first-order valence-electron chi connectivity index (χ1n) is 8.83. The fraction of sp³-hybridized carbons (Fsp3) is 0.136. The van der Waals surface area contributed by atoms with Gasteiger partial charge in [0.15, 0.2) is 5.60 Å². The minimum atomic E-state index is -4.91. The average Bonchev–Trinajstić information content (AvgIpc) is 2.73. The molecule has 3 aromatic rings. The zero-order valence-corrected chi connectivity index (χ0v) is 17.6. The number of rotatable bonds is 4. The molecule has 0 spiro atoms. The Bertz CT molecular complexity index is 1260. The maximum atomic E-state index is 13.0. The monoisotopic (exact) mass is 465 g/mol. The molecule has 1 unspecified atom stereocenters. The summed E-state index contributed by atoms with van der Waals surface area (Å²) in [6, 6.07) is 16.4. The van der Waals surface area contributed by atoms with Gasteiger partial charge in [0.1, 0.15) is 0 Å². The van der Waals surface area contributed by atoms with Gasteiger partial charge in [-0.05, 0) is 54.4 Å². The van der Waals surface area contributed by atoms with Crippen molar-refractivity contribution in [3.63, 3.8) is 0 Å². The van der Waals surface area contributed by atoms with Crippen LogP contribution in [0.4, 0.5) is 13.2 Å². The molecule has 0 heterocycles. The van der Waals surface area contributed by atoms with Gasteiger partial charge in [0.25, 0.3) is 0 Å². The Kier molecular flexibility index (Phi) is 5.89. The molecule has 1 N–H and O–H groups in total. The lowest BCUT2D eigenvalue weighted by Gasteiger charge is -2.26. The minimum Gasteiger partial charge on any atom is -0.376 e. The zero-order valence-electron chi connectivity index (χ0n) is 16.0. The van der Waals surface area contributed by atoms with Crippen LogP contribution in [0.5, 0.6) is 0 Å². The molecule has 31 heavy (non-hydrogen) atoms. The molecule has 3 aromatic carbocycles. The smallest absolute Gasteiger partial charge is 0.376 e. The SMILES string of the molecule is CC(O)(c1ccc(S(=O)(=O)c2ccc(-c3ccc(C#N)cc3Cl)cc2)cc1)C(F)(F)F. The standard InChI is InChI=1S/C22H15ClF3NO3S/c1-21(28,22(24,25)26)16-5-9-18(10-6-16)31(29,30)17-7-3-15(4-8-17)19-11-2-14(13-27)12-20(19)23/h2-12,28H,1H3. The zero-order chi connectivity index (χ0) is 23.0. The van der Waals surface area contributed by atoms with Crippen LogP contribution in [0.15, 0.2) is 76.5 Å². The number of hydrogen-bond donors (Lipinski definition) is 1. The van der Waals surface area contributed by atoms with Crippen LogP contribution in [0.25, 0.3) is 11.1 Å². The minimum absolute atomic E-state index is 0.0589. The number of hydrogen-bond acceptors (Lipinski definition) is 4. The topological polar surface area (TPSA) is 78.2 Å². The molecule has 160 valence electrons. The van der Waals surface area contributed by atoms with E-state index in [0.29, 0.717) is 28.6 Å². The van der Waals surface area contributed by atoms with Gasteiger partial charge >= 0.3 is 6.18 Å². The quantitative estimate of drug-likeness (QED) is 0.553. The largest absolute Gasteiger partial charge is 0.421 e. The summed E-state index contributed by atoms with van der Waals surface area (Å²) in [4.78, 5) is -0.269. The molecule has 4 nitrogen and oxygen atoms in total. The van der Waals surface area contributed by atoms with Gasteiger partial charge in [-0.25, -0.2) is 8.42 Å². The van der Waals surface area contributed by atoms with Gasteiger partial charge in [0.2, 0.25) is 9.84 Å². The van der Waals surface area contributed by atoms with E-state index in [0.717, 1.165) is 24.3 Å². The summed E-state index contributed by atoms with van der Waals surface area (Å²) in [5.41, 5.74) is -1.93. The first-order chi connectivity index (χ1) is 14.4. The predicted molar refractivity (Wildman–Crippen MR) is 109 cm³/mol. The van der Waals surface area contributed by atoms with E-state index in [2.05, 4.69) is 0 Å². The maximum Gasteiger partial charge on any atom is 0.421 e. The fourth-order valence-electron chi connectivity index (χ4n) is 2.89. The number of sulfone groups is 1. The van der Waals surface area contributed by atoms with E-state index in [4.69, 9.17) is 16.9 Å². The molecular formula is C22H15ClF3NO3S. The number of aliphatic hydroxyl groups is 1. The third-order valence-corrected chi connectivity index (χ3v) is 6.95. The summed E-state index contributed by atoms with van der Waals surface area (Å²) < 4.78 is 64.6. The molecule has 0 amide bonds. The van der Waals surface area contributed by atoms with Gasteiger partial charge in [-0.2, -0.15) is 18.4 Å². The van der Waals surface area contributed by atoms with Crippen molar-refractivity contribution in [2.24, 2.45) is 0 Å². The van der Waals surface area contributed by atoms with Crippen LogP contribution >= 0.6 is 11.6 Å². The second-order valence-electron chi connectivity index (χ2n) is 6.93. The first-order valence-corrected chi connectivity index (χ1v) is 10.7. The predicted octanol–water partition coefficient (Wildman–Crippen LogP) is 5.48. The highest BCUT2D eigenvalue weighted by Gasteiger charge is 2.51. The van der Waals surface area contributed by atoms with E-state index in [-0.39, 0.29) is 9.79 Å². The second kappa shape index (κ2) is 8.00. The van der Waals surface area contributed by atoms with E-state index < -0.39 is 27.2 Å². The fourth-order valence-corrected chi connectivity index (χ4v) is 4.44. The number of halogens is 4. The molecule has 0 aromatic heterocycles. The summed E-state index contributed by atoms with van der Waals surface area (Å²) in [6.07, 6.45) is -4.91. The van der Waals surface area contributed by atoms with E-state index in [1.807, 2.05) is 6.07 Å². The molecule has 1 atom stereocenters. The summed E-state index contributed by atoms with van der Waals surface area (Å²) in [7, 11) is -4.00. The average molecular weight is 466 g/mol. The number of benzene rings is 3. The lowest BCUT2D eigenvalue weighted by molar-refractivity contribution is -0.258. The van der Waals surface area contributed by atoms with Crippen LogP contribution in [-0.2, 0) is 15.4 Å². The molecule has 0 radical (unpaired) electrons. The van der Waals surface area contributed by atoms with Gasteiger partial charge in [-0.3, -0.25) is 0 Å². The van der Waals surface area contributed by atoms with Gasteiger partial charge < -0.3 is 5.11 Å². The van der Waals surface area contributed by atoms with Gasteiger partial charge in [0.05, 0.1) is 21.4 Å². The highest BCUT2D eigenvalue weighted by atomic mass is 35.5. The Morgan fingerprint density at radius 2 is 1.45 bits per heavy atom. The van der Waals surface area contributed by atoms with E-state index >= 15 is 0 Å². The lowest BCUT2D eigenvalue weighted by Crippen LogP contribution is -2.39. The van der Waals surface area contributed by atoms with Crippen LogP contribution in [0.3, 0.4) is 0 Å². The van der Waals surface area contributed by atoms with Crippen molar-refractivity contribution in [1.29, 1.82) is 5.26 Å². The van der Waals surface area contributed by atoms with Crippen LogP contribution in [0.2, 0.25) is 5.02 Å². The molecule has 0 aliphatic carbocycles. The van der Waals surface area contributed by atoms with E-state index in [9.17, 15) is 26.7 Å². The highest BCUT2D eigenvalue weighted by molar-refractivity contribution is 7.91. The van der Waals surface area contributed by atoms with E-state index in [1.165, 1.54) is 18.2 Å². The normalized spacial score (nSPS) is 14.0. The molecule has 0 saturated heterocycles. The molecule has 9 heteroatoms. The van der Waals surface area contributed by atoms with Crippen molar-refractivity contribution in [1.82, 2.24) is 0 Å². The molecule has 0 aliphatic rings. The molecule has 3 rings (SSSR count). The van der Waals surface area contributed by atoms with Crippen molar-refractivity contribution in [2.75, 3.05) is 0 Å². The number of nitriles is 1. The van der Waals surface area contributed by atoms with Crippen molar-refractivity contribution in [3.8, 4) is 17.2 Å². The summed E-state index contributed by atoms with van der Waals surface area (Å²) in [6.45, 7) is 0.601. The van der Waals surface area contributed by atoms with Crippen LogP contribution < -0.4 is 0 Å². The summed E-state index contributed by atoms with van der Waals surface area (Å²) in [5, 5.41) is 19.0.